The Hall–Kier alpha value is -2.85. The number of hydrogen-bond acceptors (Lipinski definition) is 3. The van der Waals surface area contributed by atoms with E-state index in [0.717, 1.165) is 0 Å². The molecule has 0 amide bonds. The van der Waals surface area contributed by atoms with Crippen LogP contribution in [0.1, 0.15) is 16.7 Å². The van der Waals surface area contributed by atoms with E-state index in [1.807, 2.05) is 12.1 Å². The Kier molecular flexibility index (Phi) is 3.75. The summed E-state index contributed by atoms with van der Waals surface area (Å²) in [6, 6.07) is 14.7. The zero-order chi connectivity index (χ0) is 13.7. The molecule has 3 nitrogen and oxygen atoms in total. The van der Waals surface area contributed by atoms with Gasteiger partial charge in [-0.15, -0.1) is 0 Å². The van der Waals surface area contributed by atoms with Crippen molar-refractivity contribution in [2.75, 3.05) is 0 Å². The van der Waals surface area contributed by atoms with Gasteiger partial charge in [0.25, 0.3) is 0 Å². The van der Waals surface area contributed by atoms with Crippen molar-refractivity contribution in [2.24, 2.45) is 0 Å². The quantitative estimate of drug-likeness (QED) is 0.843. The van der Waals surface area contributed by atoms with Gasteiger partial charge in [-0.25, -0.2) is 4.39 Å². The van der Waals surface area contributed by atoms with E-state index in [-0.39, 0.29) is 12.2 Å². The van der Waals surface area contributed by atoms with Crippen molar-refractivity contribution in [3.05, 3.63) is 65.0 Å². The second kappa shape index (κ2) is 5.66. The third-order valence-electron chi connectivity index (χ3n) is 2.56. The summed E-state index contributed by atoms with van der Waals surface area (Å²) >= 11 is 0. The van der Waals surface area contributed by atoms with Crippen molar-refractivity contribution in [2.45, 2.75) is 6.61 Å². The Labute approximate surface area is 110 Å². The summed E-state index contributed by atoms with van der Waals surface area (Å²) < 4.78 is 19.0. The molecule has 4 heteroatoms. The Morgan fingerprint density at radius 2 is 1.58 bits per heavy atom. The molecular weight excluding hydrogens is 243 g/mol. The van der Waals surface area contributed by atoms with Crippen molar-refractivity contribution < 1.29 is 9.13 Å². The van der Waals surface area contributed by atoms with Gasteiger partial charge in [-0.3, -0.25) is 0 Å². The van der Waals surface area contributed by atoms with E-state index in [2.05, 4.69) is 0 Å². The maximum absolute atomic E-state index is 13.6. The average molecular weight is 252 g/mol. The van der Waals surface area contributed by atoms with Gasteiger partial charge in [0, 0.05) is 5.56 Å². The second-order valence-corrected chi connectivity index (χ2v) is 3.84. The Morgan fingerprint density at radius 1 is 0.947 bits per heavy atom. The lowest BCUT2D eigenvalue weighted by Gasteiger charge is -2.07. The molecule has 0 heterocycles. The molecule has 0 radical (unpaired) electrons. The van der Waals surface area contributed by atoms with Crippen LogP contribution < -0.4 is 4.74 Å². The second-order valence-electron chi connectivity index (χ2n) is 3.84. The molecule has 0 atom stereocenters. The maximum atomic E-state index is 13.6. The number of nitriles is 2. The number of rotatable bonds is 3. The van der Waals surface area contributed by atoms with Crippen molar-refractivity contribution >= 4 is 0 Å². The number of halogens is 1. The summed E-state index contributed by atoms with van der Waals surface area (Å²) in [7, 11) is 0. The Morgan fingerprint density at radius 3 is 2.16 bits per heavy atom. The normalized spacial score (nSPS) is 9.42. The lowest BCUT2D eigenvalue weighted by atomic mass is 10.1. The molecule has 0 unspecified atom stereocenters. The highest BCUT2D eigenvalue weighted by molar-refractivity contribution is 5.35. The number of nitrogens with zero attached hydrogens (tertiary/aromatic N) is 2. The fourth-order valence-electron chi connectivity index (χ4n) is 1.52. The van der Waals surface area contributed by atoms with E-state index in [9.17, 15) is 4.39 Å². The van der Waals surface area contributed by atoms with Gasteiger partial charge in [-0.2, -0.15) is 10.5 Å². The summed E-state index contributed by atoms with van der Waals surface area (Å²) in [5.41, 5.74) is 1.19. The van der Waals surface area contributed by atoms with Crippen LogP contribution in [0.5, 0.6) is 5.75 Å². The molecule has 92 valence electrons. The smallest absolute Gasteiger partial charge is 0.131 e. The summed E-state index contributed by atoms with van der Waals surface area (Å²) in [5, 5.41) is 17.3. The van der Waals surface area contributed by atoms with Crippen LogP contribution in [0.25, 0.3) is 0 Å². The molecule has 2 aromatic carbocycles. The van der Waals surface area contributed by atoms with E-state index < -0.39 is 5.82 Å². The zero-order valence-electron chi connectivity index (χ0n) is 9.93. The molecule has 19 heavy (non-hydrogen) atoms. The molecule has 0 saturated heterocycles. The minimum Gasteiger partial charge on any atom is -0.489 e. The van der Waals surface area contributed by atoms with Crippen LogP contribution in [-0.4, -0.2) is 0 Å². The molecule has 0 spiro atoms. The summed E-state index contributed by atoms with van der Waals surface area (Å²) in [5.74, 6) is 0.0930. The standard InChI is InChI=1S/C15H9FN2O/c16-15-7-12(9-18)1-4-13(15)10-19-14-5-2-11(8-17)3-6-14/h1-7H,10H2. The molecule has 0 aliphatic rings. The largest absolute Gasteiger partial charge is 0.489 e. The Balaban J connectivity index is 2.06. The molecule has 0 aliphatic heterocycles. The summed E-state index contributed by atoms with van der Waals surface area (Å²) in [4.78, 5) is 0. The van der Waals surface area contributed by atoms with Gasteiger partial charge in [0.2, 0.25) is 0 Å². The van der Waals surface area contributed by atoms with Crippen LogP contribution in [0.3, 0.4) is 0 Å². The maximum Gasteiger partial charge on any atom is 0.131 e. The Bertz CT molecular complexity index is 666. The fourth-order valence-corrected chi connectivity index (χ4v) is 1.52. The zero-order valence-corrected chi connectivity index (χ0v) is 9.93. The highest BCUT2D eigenvalue weighted by atomic mass is 19.1. The van der Waals surface area contributed by atoms with Crippen LogP contribution in [0.2, 0.25) is 0 Å². The van der Waals surface area contributed by atoms with Crippen molar-refractivity contribution in [1.82, 2.24) is 0 Å². The molecule has 0 bridgehead atoms. The molecule has 0 aromatic heterocycles. The molecule has 0 aliphatic carbocycles. The summed E-state index contributed by atoms with van der Waals surface area (Å²) in [6.45, 7) is 0.0729. The monoisotopic (exact) mass is 252 g/mol. The minimum atomic E-state index is -0.465. The van der Waals surface area contributed by atoms with Gasteiger partial charge in [-0.05, 0) is 36.4 Å². The highest BCUT2D eigenvalue weighted by Crippen LogP contribution is 2.16. The van der Waals surface area contributed by atoms with Crippen molar-refractivity contribution in [1.29, 1.82) is 10.5 Å². The molecule has 0 fully saturated rings. The lowest BCUT2D eigenvalue weighted by molar-refractivity contribution is 0.300. The third kappa shape index (κ3) is 3.08. The van der Waals surface area contributed by atoms with E-state index in [4.69, 9.17) is 15.3 Å². The van der Waals surface area contributed by atoms with Crippen LogP contribution >= 0.6 is 0 Å². The fraction of sp³-hybridized carbons (Fsp3) is 0.0667. The van der Waals surface area contributed by atoms with Gasteiger partial charge in [-0.1, -0.05) is 6.07 Å². The van der Waals surface area contributed by atoms with Gasteiger partial charge < -0.3 is 4.74 Å². The highest BCUT2D eigenvalue weighted by Gasteiger charge is 2.04. The predicted octanol–water partition coefficient (Wildman–Crippen LogP) is 3.15. The number of benzene rings is 2. The van der Waals surface area contributed by atoms with Crippen LogP contribution in [0, 0.1) is 28.5 Å². The molecule has 0 N–H and O–H groups in total. The molecule has 0 saturated carbocycles. The number of hydrogen-bond donors (Lipinski definition) is 0. The summed E-state index contributed by atoms with van der Waals surface area (Å²) in [6.07, 6.45) is 0. The SMILES string of the molecule is N#Cc1ccc(OCc2ccc(C#N)cc2F)cc1. The van der Waals surface area contributed by atoms with E-state index in [1.165, 1.54) is 12.1 Å². The van der Waals surface area contributed by atoms with Crippen LogP contribution in [-0.2, 0) is 6.61 Å². The van der Waals surface area contributed by atoms with E-state index in [0.29, 0.717) is 16.9 Å². The van der Waals surface area contributed by atoms with E-state index in [1.54, 1.807) is 30.3 Å². The van der Waals surface area contributed by atoms with Crippen molar-refractivity contribution in [3.8, 4) is 17.9 Å². The third-order valence-corrected chi connectivity index (χ3v) is 2.56. The predicted molar refractivity (Wildman–Crippen MR) is 66.6 cm³/mol. The molecular formula is C15H9FN2O. The lowest BCUT2D eigenvalue weighted by Crippen LogP contribution is -1.99. The molecule has 2 rings (SSSR count). The van der Waals surface area contributed by atoms with Gasteiger partial charge in [0.1, 0.15) is 18.2 Å². The minimum absolute atomic E-state index is 0.0729. The van der Waals surface area contributed by atoms with Gasteiger partial charge in [0.05, 0.1) is 23.3 Å². The number of ether oxygens (including phenoxy) is 1. The van der Waals surface area contributed by atoms with Crippen LogP contribution in [0.4, 0.5) is 4.39 Å². The molecule has 2 aromatic rings. The first-order valence-corrected chi connectivity index (χ1v) is 5.54. The average Bonchev–Trinajstić information content (AvgIpc) is 2.46. The van der Waals surface area contributed by atoms with E-state index >= 15 is 0 Å². The first kappa shape index (κ1) is 12.6. The van der Waals surface area contributed by atoms with Gasteiger partial charge in [0.15, 0.2) is 0 Å². The van der Waals surface area contributed by atoms with Crippen LogP contribution in [0.15, 0.2) is 42.5 Å². The first-order chi connectivity index (χ1) is 9.22. The van der Waals surface area contributed by atoms with Crippen molar-refractivity contribution in [3.63, 3.8) is 0 Å². The first-order valence-electron chi connectivity index (χ1n) is 5.54. The topological polar surface area (TPSA) is 56.8 Å². The van der Waals surface area contributed by atoms with Gasteiger partial charge >= 0.3 is 0 Å².